The summed E-state index contributed by atoms with van der Waals surface area (Å²) in [6, 6.07) is 17.3. The number of hydrogen-bond acceptors (Lipinski definition) is 4. The highest BCUT2D eigenvalue weighted by Gasteiger charge is 2.14. The normalized spacial score (nSPS) is 10.4. The number of benzene rings is 2. The lowest BCUT2D eigenvalue weighted by Crippen LogP contribution is -2.43. The van der Waals surface area contributed by atoms with Gasteiger partial charge in [0.05, 0.1) is 16.1 Å². The van der Waals surface area contributed by atoms with Gasteiger partial charge in [-0.1, -0.05) is 29.8 Å². The lowest BCUT2D eigenvalue weighted by atomic mass is 10.2. The van der Waals surface area contributed by atoms with E-state index >= 15 is 0 Å². The maximum absolute atomic E-state index is 12.3. The second-order valence-corrected chi connectivity index (χ2v) is 6.97. The molecule has 3 aromatic rings. The maximum Gasteiger partial charge on any atom is 0.338 e. The van der Waals surface area contributed by atoms with Crippen molar-refractivity contribution >= 4 is 29.4 Å². The van der Waals surface area contributed by atoms with E-state index in [0.717, 1.165) is 17.1 Å². The van der Waals surface area contributed by atoms with E-state index < -0.39 is 24.4 Å². The van der Waals surface area contributed by atoms with Gasteiger partial charge in [-0.15, -0.1) is 0 Å². The van der Waals surface area contributed by atoms with Crippen LogP contribution in [0.5, 0.6) is 0 Å². The molecule has 1 aromatic heterocycles. The molecular weight excluding hydrogens is 406 g/mol. The Kier molecular flexibility index (Phi) is 6.54. The lowest BCUT2D eigenvalue weighted by Gasteiger charge is -2.11. The third kappa shape index (κ3) is 4.87. The molecule has 3 rings (SSSR count). The van der Waals surface area contributed by atoms with Gasteiger partial charge in [0.1, 0.15) is 0 Å². The van der Waals surface area contributed by atoms with Crippen LogP contribution in [0, 0.1) is 13.8 Å². The number of aryl methyl sites for hydroxylation is 2. The van der Waals surface area contributed by atoms with Gasteiger partial charge >= 0.3 is 5.97 Å². The Bertz CT molecular complexity index is 1090. The minimum atomic E-state index is -0.683. The van der Waals surface area contributed by atoms with Gasteiger partial charge in [-0.2, -0.15) is 0 Å². The molecule has 2 amide bonds. The molecule has 154 valence electrons. The first kappa shape index (κ1) is 21.1. The molecule has 0 aliphatic heterocycles. The molecule has 0 saturated heterocycles. The number of hydrogen-bond donors (Lipinski definition) is 2. The second kappa shape index (κ2) is 9.28. The summed E-state index contributed by atoms with van der Waals surface area (Å²) in [7, 11) is 0. The number of nitrogens with one attached hydrogen (secondary N) is 2. The van der Waals surface area contributed by atoms with E-state index in [1.54, 1.807) is 36.4 Å². The smallest absolute Gasteiger partial charge is 0.338 e. The molecule has 2 aromatic carbocycles. The molecule has 0 radical (unpaired) electrons. The van der Waals surface area contributed by atoms with Crippen LogP contribution in [0.2, 0.25) is 5.02 Å². The van der Waals surface area contributed by atoms with Gasteiger partial charge in [-0.05, 0) is 56.3 Å². The summed E-state index contributed by atoms with van der Waals surface area (Å²) < 4.78 is 7.05. The lowest BCUT2D eigenvalue weighted by molar-refractivity contribution is -0.125. The van der Waals surface area contributed by atoms with E-state index in [1.165, 1.54) is 6.07 Å². The highest BCUT2D eigenvalue weighted by atomic mass is 35.5. The Morgan fingerprint density at radius 3 is 2.33 bits per heavy atom. The minimum Gasteiger partial charge on any atom is -0.452 e. The van der Waals surface area contributed by atoms with E-state index in [4.69, 9.17) is 16.3 Å². The third-order valence-corrected chi connectivity index (χ3v) is 4.71. The van der Waals surface area contributed by atoms with E-state index in [1.807, 2.05) is 36.6 Å². The number of amides is 2. The van der Waals surface area contributed by atoms with Crippen LogP contribution in [-0.2, 0) is 9.53 Å². The summed E-state index contributed by atoms with van der Waals surface area (Å²) in [5.41, 5.74) is 7.82. The Labute approximate surface area is 178 Å². The van der Waals surface area contributed by atoms with Crippen molar-refractivity contribution in [2.24, 2.45) is 0 Å². The Morgan fingerprint density at radius 2 is 1.63 bits per heavy atom. The zero-order chi connectivity index (χ0) is 21.7. The zero-order valence-corrected chi connectivity index (χ0v) is 17.2. The quantitative estimate of drug-likeness (QED) is 0.484. The number of carbonyl (C=O) groups is 3. The van der Waals surface area contributed by atoms with Crippen molar-refractivity contribution in [2.45, 2.75) is 13.8 Å². The van der Waals surface area contributed by atoms with Crippen molar-refractivity contribution in [3.63, 3.8) is 0 Å². The summed E-state index contributed by atoms with van der Waals surface area (Å²) in [6.45, 7) is 3.39. The Hall–Kier alpha value is -3.58. The molecule has 2 N–H and O–H groups in total. The molecule has 30 heavy (non-hydrogen) atoms. The topological polar surface area (TPSA) is 89.4 Å². The van der Waals surface area contributed by atoms with Gasteiger partial charge in [0.25, 0.3) is 11.8 Å². The summed E-state index contributed by atoms with van der Waals surface area (Å²) in [6.07, 6.45) is 0. The van der Waals surface area contributed by atoms with Crippen molar-refractivity contribution in [3.05, 3.63) is 88.2 Å². The molecule has 7 nitrogen and oxygen atoms in total. The van der Waals surface area contributed by atoms with E-state index in [0.29, 0.717) is 5.56 Å². The highest BCUT2D eigenvalue weighted by molar-refractivity contribution is 6.33. The van der Waals surface area contributed by atoms with E-state index in [-0.39, 0.29) is 10.6 Å². The number of rotatable bonds is 5. The molecule has 0 aliphatic rings. The number of esters is 1. The highest BCUT2D eigenvalue weighted by Crippen LogP contribution is 2.18. The van der Waals surface area contributed by atoms with Gasteiger partial charge < -0.3 is 9.30 Å². The molecular formula is C22H20ClN3O4. The van der Waals surface area contributed by atoms with Crippen LogP contribution in [0.3, 0.4) is 0 Å². The summed E-state index contributed by atoms with van der Waals surface area (Å²) in [4.78, 5) is 36.2. The fourth-order valence-electron chi connectivity index (χ4n) is 2.94. The number of carbonyl (C=O) groups excluding carboxylic acids is 3. The molecule has 0 spiro atoms. The first-order chi connectivity index (χ1) is 14.4. The van der Waals surface area contributed by atoms with E-state index in [9.17, 15) is 14.4 Å². The van der Waals surface area contributed by atoms with E-state index in [2.05, 4.69) is 10.9 Å². The molecule has 1 heterocycles. The minimum absolute atomic E-state index is 0.212. The number of aromatic nitrogens is 1. The van der Waals surface area contributed by atoms with Crippen LogP contribution in [0.4, 0.5) is 0 Å². The Balaban J connectivity index is 1.55. The number of nitrogens with zero attached hydrogens (tertiary/aromatic N) is 1. The number of ether oxygens (including phenoxy) is 1. The monoisotopic (exact) mass is 425 g/mol. The van der Waals surface area contributed by atoms with Crippen molar-refractivity contribution in [3.8, 4) is 5.69 Å². The van der Waals surface area contributed by atoms with Crippen molar-refractivity contribution < 1.29 is 19.1 Å². The van der Waals surface area contributed by atoms with Gasteiger partial charge in [0, 0.05) is 17.1 Å². The largest absolute Gasteiger partial charge is 0.452 e. The van der Waals surface area contributed by atoms with Crippen LogP contribution in [0.1, 0.15) is 32.1 Å². The van der Waals surface area contributed by atoms with Crippen molar-refractivity contribution in [2.75, 3.05) is 6.61 Å². The van der Waals surface area contributed by atoms with Crippen LogP contribution in [0.15, 0.2) is 60.7 Å². The van der Waals surface area contributed by atoms with Gasteiger partial charge in [-0.3, -0.25) is 20.4 Å². The first-order valence-electron chi connectivity index (χ1n) is 9.13. The number of halogens is 1. The maximum atomic E-state index is 12.3. The van der Waals surface area contributed by atoms with Gasteiger partial charge in [-0.25, -0.2) is 4.79 Å². The van der Waals surface area contributed by atoms with Gasteiger partial charge in [0.2, 0.25) is 0 Å². The fraction of sp³-hybridized carbons (Fsp3) is 0.136. The molecule has 0 unspecified atom stereocenters. The number of hydrazine groups is 1. The predicted molar refractivity (Wildman–Crippen MR) is 113 cm³/mol. The molecule has 0 bridgehead atoms. The van der Waals surface area contributed by atoms with Crippen molar-refractivity contribution in [1.29, 1.82) is 0 Å². The van der Waals surface area contributed by atoms with Gasteiger partial charge in [0.15, 0.2) is 6.61 Å². The predicted octanol–water partition coefficient (Wildman–Crippen LogP) is 3.37. The summed E-state index contributed by atoms with van der Waals surface area (Å²) in [5, 5.41) is 0.253. The molecule has 8 heteroatoms. The SMILES string of the molecule is Cc1ccc(C)n1-c1cccc(C(=O)OCC(=O)NNC(=O)c2ccccc2Cl)c1. The van der Waals surface area contributed by atoms with Crippen LogP contribution in [0.25, 0.3) is 5.69 Å². The molecule has 0 aliphatic carbocycles. The summed E-state index contributed by atoms with van der Waals surface area (Å²) in [5.74, 6) is -1.91. The molecule has 0 atom stereocenters. The fourth-order valence-corrected chi connectivity index (χ4v) is 3.16. The molecule has 0 saturated carbocycles. The first-order valence-corrected chi connectivity index (χ1v) is 9.51. The Morgan fingerprint density at radius 1 is 0.933 bits per heavy atom. The second-order valence-electron chi connectivity index (χ2n) is 6.56. The molecule has 0 fully saturated rings. The third-order valence-electron chi connectivity index (χ3n) is 4.38. The average Bonchev–Trinajstić information content (AvgIpc) is 3.08. The standard InChI is InChI=1S/C22H20ClN3O4/c1-14-10-11-15(2)26(14)17-7-5-6-16(12-17)22(29)30-13-20(27)24-25-21(28)18-8-3-4-9-19(18)23/h3-12H,13H2,1-2H3,(H,24,27)(H,25,28). The van der Waals surface area contributed by atoms with Crippen molar-refractivity contribution in [1.82, 2.24) is 15.4 Å². The zero-order valence-electron chi connectivity index (χ0n) is 16.4. The van der Waals surface area contributed by atoms with Crippen LogP contribution in [-0.4, -0.2) is 29.0 Å². The average molecular weight is 426 g/mol. The summed E-state index contributed by atoms with van der Waals surface area (Å²) >= 11 is 5.93. The van der Waals surface area contributed by atoms with Crippen LogP contribution >= 0.6 is 11.6 Å². The van der Waals surface area contributed by atoms with Crippen LogP contribution < -0.4 is 10.9 Å².